The summed E-state index contributed by atoms with van der Waals surface area (Å²) in [4.78, 5) is 0. The van der Waals surface area contributed by atoms with E-state index >= 15 is 0 Å². The van der Waals surface area contributed by atoms with Crippen molar-refractivity contribution in [1.29, 1.82) is 0 Å². The molecule has 0 unspecified atom stereocenters. The third-order valence-corrected chi connectivity index (χ3v) is 8.67. The molecule has 0 aliphatic carbocycles. The Balaban J connectivity index is 1.33. The molecule has 4 rings (SSSR count). The molecule has 240 valence electrons. The first kappa shape index (κ1) is 33.4. The molecule has 0 aromatic heterocycles. The van der Waals surface area contributed by atoms with Gasteiger partial charge in [-0.1, -0.05) is 0 Å². The van der Waals surface area contributed by atoms with E-state index < -0.39 is 55.7 Å². The van der Waals surface area contributed by atoms with Crippen molar-refractivity contribution in [2.75, 3.05) is 28.4 Å². The Morgan fingerprint density at radius 1 is 0.463 bits per heavy atom. The predicted molar refractivity (Wildman–Crippen MR) is 142 cm³/mol. The molecule has 16 atom stereocenters. The highest BCUT2D eigenvalue weighted by Crippen LogP contribution is 2.35. The van der Waals surface area contributed by atoms with Crippen LogP contribution in [0.5, 0.6) is 0 Å². The lowest BCUT2D eigenvalue weighted by atomic mass is 9.98. The molecule has 4 heterocycles. The first-order valence-corrected chi connectivity index (χ1v) is 14.6. The van der Waals surface area contributed by atoms with Crippen LogP contribution in [-0.2, 0) is 52.1 Å². The molecule has 13 nitrogen and oxygen atoms in total. The second-order valence-corrected chi connectivity index (χ2v) is 11.4. The second-order valence-electron chi connectivity index (χ2n) is 11.4. The van der Waals surface area contributed by atoms with Crippen LogP contribution in [0.25, 0.3) is 0 Å². The first-order valence-electron chi connectivity index (χ1n) is 14.6. The molecule has 0 aromatic rings. The lowest BCUT2D eigenvalue weighted by Crippen LogP contribution is -2.57. The van der Waals surface area contributed by atoms with Gasteiger partial charge in [-0.2, -0.15) is 0 Å². The van der Waals surface area contributed by atoms with Gasteiger partial charge in [0.15, 0.2) is 25.2 Å². The number of rotatable bonds is 10. The maximum absolute atomic E-state index is 10.3. The largest absolute Gasteiger partial charge is 0.388 e. The molecule has 0 radical (unpaired) electrons. The van der Waals surface area contributed by atoms with Crippen molar-refractivity contribution < 1.29 is 62.3 Å². The van der Waals surface area contributed by atoms with Crippen LogP contribution in [0.4, 0.5) is 0 Å². The molecule has 4 aliphatic rings. The van der Waals surface area contributed by atoms with Crippen molar-refractivity contribution in [2.24, 2.45) is 0 Å². The summed E-state index contributed by atoms with van der Waals surface area (Å²) in [6.07, 6.45) is -5.86. The summed E-state index contributed by atoms with van der Waals surface area (Å²) in [5, 5.41) is 20.2. The van der Waals surface area contributed by atoms with E-state index in [-0.39, 0.29) is 42.7 Å². The van der Waals surface area contributed by atoms with E-state index in [9.17, 15) is 10.2 Å². The molecular weight excluding hydrogens is 544 g/mol. The molecule has 0 spiro atoms. The van der Waals surface area contributed by atoms with Crippen LogP contribution in [0.2, 0.25) is 0 Å². The van der Waals surface area contributed by atoms with Crippen LogP contribution in [0.15, 0.2) is 0 Å². The third kappa shape index (κ3) is 7.96. The van der Waals surface area contributed by atoms with Gasteiger partial charge in [0.1, 0.15) is 24.4 Å². The Morgan fingerprint density at radius 2 is 0.805 bits per heavy atom. The number of hydrogen-bond acceptors (Lipinski definition) is 13. The van der Waals surface area contributed by atoms with Gasteiger partial charge >= 0.3 is 0 Å². The van der Waals surface area contributed by atoms with Crippen LogP contribution in [0, 0.1) is 0 Å². The average molecular weight is 595 g/mol. The minimum atomic E-state index is -0.891. The number of aliphatic hydroxyl groups is 2. The molecular formula is C28H50O13. The van der Waals surface area contributed by atoms with Gasteiger partial charge in [0.25, 0.3) is 0 Å². The summed E-state index contributed by atoms with van der Waals surface area (Å²) in [5.74, 6) is 0. The molecule has 0 saturated carbocycles. The van der Waals surface area contributed by atoms with Crippen LogP contribution in [0.1, 0.15) is 53.4 Å². The van der Waals surface area contributed by atoms with Gasteiger partial charge in [-0.15, -0.1) is 0 Å². The van der Waals surface area contributed by atoms with Crippen molar-refractivity contribution >= 4 is 0 Å². The Bertz CT molecular complexity index is 790. The topological polar surface area (TPSA) is 142 Å². The molecule has 13 heteroatoms. The highest BCUT2D eigenvalue weighted by atomic mass is 16.8. The molecule has 0 bridgehead atoms. The van der Waals surface area contributed by atoms with E-state index in [0.29, 0.717) is 25.7 Å². The minimum absolute atomic E-state index is 0.316. The molecule has 41 heavy (non-hydrogen) atoms. The fourth-order valence-electron chi connectivity index (χ4n) is 6.33. The maximum atomic E-state index is 10.3. The van der Waals surface area contributed by atoms with Gasteiger partial charge in [0.05, 0.1) is 48.8 Å². The minimum Gasteiger partial charge on any atom is -0.388 e. The SMILES string of the molecule is CO[C@H]1C[C@@H](O[C@@H]2[C@@H](C)O[C@@H](O[C@H]3[C@@H](OC)C[C@H](O[C@H]4[C@@H](OC)C[C@H](O)O[C@@H]4C)O[C@@H]3C)C[C@H]2OC)O[C@H](C)[C@H]1O. The monoisotopic (exact) mass is 594 g/mol. The van der Waals surface area contributed by atoms with Gasteiger partial charge in [0, 0.05) is 54.1 Å². The summed E-state index contributed by atoms with van der Waals surface area (Å²) in [5.41, 5.74) is 0. The zero-order valence-corrected chi connectivity index (χ0v) is 25.5. The number of ether oxygens (including phenoxy) is 11. The molecule has 2 N–H and O–H groups in total. The number of methoxy groups -OCH3 is 4. The van der Waals surface area contributed by atoms with Crippen LogP contribution in [0.3, 0.4) is 0 Å². The quantitative estimate of drug-likeness (QED) is 0.373. The van der Waals surface area contributed by atoms with Crippen molar-refractivity contribution in [2.45, 2.75) is 152 Å². The normalized spacial score (nSPS) is 49.6. The lowest BCUT2D eigenvalue weighted by Gasteiger charge is -2.46. The van der Waals surface area contributed by atoms with E-state index in [2.05, 4.69) is 0 Å². The summed E-state index contributed by atoms with van der Waals surface area (Å²) in [6.45, 7) is 7.47. The Labute approximate surface area is 242 Å². The average Bonchev–Trinajstić information content (AvgIpc) is 2.94. The fourth-order valence-corrected chi connectivity index (χ4v) is 6.33. The lowest BCUT2D eigenvalue weighted by molar-refractivity contribution is -0.345. The van der Waals surface area contributed by atoms with Crippen molar-refractivity contribution in [3.05, 3.63) is 0 Å². The third-order valence-electron chi connectivity index (χ3n) is 8.67. The first-order chi connectivity index (χ1) is 19.6. The summed E-state index contributed by atoms with van der Waals surface area (Å²) < 4.78 is 65.6. The highest BCUT2D eigenvalue weighted by molar-refractivity contribution is 4.90. The Hall–Kier alpha value is -0.520. The van der Waals surface area contributed by atoms with Gasteiger partial charge < -0.3 is 62.3 Å². The van der Waals surface area contributed by atoms with Gasteiger partial charge in [-0.3, -0.25) is 0 Å². The van der Waals surface area contributed by atoms with Crippen LogP contribution >= 0.6 is 0 Å². The van der Waals surface area contributed by atoms with Crippen molar-refractivity contribution in [1.82, 2.24) is 0 Å². The number of hydrogen-bond donors (Lipinski definition) is 2. The predicted octanol–water partition coefficient (Wildman–Crippen LogP) is 1.09. The van der Waals surface area contributed by atoms with E-state index in [0.717, 1.165) is 0 Å². The van der Waals surface area contributed by atoms with E-state index in [1.165, 1.54) is 0 Å². The Morgan fingerprint density at radius 3 is 1.22 bits per heavy atom. The van der Waals surface area contributed by atoms with Gasteiger partial charge in [-0.05, 0) is 27.7 Å². The number of aliphatic hydroxyl groups excluding tert-OH is 2. The van der Waals surface area contributed by atoms with E-state index in [4.69, 9.17) is 52.1 Å². The maximum Gasteiger partial charge on any atom is 0.161 e. The van der Waals surface area contributed by atoms with E-state index in [1.54, 1.807) is 35.4 Å². The molecule has 4 aliphatic heterocycles. The van der Waals surface area contributed by atoms with Crippen LogP contribution in [-0.4, -0.2) is 137 Å². The van der Waals surface area contributed by atoms with E-state index in [1.807, 2.05) is 20.8 Å². The zero-order chi connectivity index (χ0) is 29.8. The smallest absolute Gasteiger partial charge is 0.161 e. The summed E-state index contributed by atoms with van der Waals surface area (Å²) in [6, 6.07) is 0. The highest BCUT2D eigenvalue weighted by Gasteiger charge is 2.47. The second kappa shape index (κ2) is 15.0. The van der Waals surface area contributed by atoms with Crippen LogP contribution < -0.4 is 0 Å². The van der Waals surface area contributed by atoms with Gasteiger partial charge in [0.2, 0.25) is 0 Å². The standard InChI is InChI=1S/C28H50O13/c1-13-25(30)17(31-5)10-22(36-13)39-27-15(3)38-24(12-19(27)33-7)41-28-16(4)37-23(11-20(28)34-8)40-26-14(2)35-21(29)9-18(26)32-6/h13-30H,9-12H2,1-8H3/t13-,14-,15-,16-,17+,18+,19-,20+,21-,22-,23+,24+,25-,26-,27-,28-/m1/s1. The molecule has 4 fully saturated rings. The van der Waals surface area contributed by atoms with Crippen molar-refractivity contribution in [3.8, 4) is 0 Å². The Kier molecular flexibility index (Phi) is 12.2. The fraction of sp³-hybridized carbons (Fsp3) is 1.00. The molecule has 0 amide bonds. The molecule has 0 aromatic carbocycles. The van der Waals surface area contributed by atoms with Crippen molar-refractivity contribution in [3.63, 3.8) is 0 Å². The van der Waals surface area contributed by atoms with Gasteiger partial charge in [-0.25, -0.2) is 0 Å². The summed E-state index contributed by atoms with van der Waals surface area (Å²) in [7, 11) is 6.43. The summed E-state index contributed by atoms with van der Waals surface area (Å²) >= 11 is 0. The zero-order valence-electron chi connectivity index (χ0n) is 25.5. The molecule has 4 saturated heterocycles.